The van der Waals surface area contributed by atoms with E-state index in [0.29, 0.717) is 6.61 Å². The maximum absolute atomic E-state index is 6.11. The number of benzene rings is 3. The molecule has 0 saturated carbocycles. The Balaban J connectivity index is 0.00000380. The van der Waals surface area contributed by atoms with Crippen LogP contribution in [0.15, 0.2) is 78.9 Å². The van der Waals surface area contributed by atoms with E-state index in [1.165, 1.54) is 72.0 Å². The molecule has 3 aromatic carbocycles. The van der Waals surface area contributed by atoms with E-state index >= 15 is 0 Å². The van der Waals surface area contributed by atoms with Gasteiger partial charge in [0.05, 0.1) is 0 Å². The highest BCUT2D eigenvalue weighted by molar-refractivity contribution is 5.85. The number of ether oxygens (including phenoxy) is 1. The van der Waals surface area contributed by atoms with Crippen molar-refractivity contribution < 1.29 is 4.74 Å². The Bertz CT molecular complexity index is 1090. The molecular formula is C34H44ClNO. The fourth-order valence-corrected chi connectivity index (χ4v) is 5.02. The molecule has 0 bridgehead atoms. The van der Waals surface area contributed by atoms with Gasteiger partial charge in [-0.3, -0.25) is 0 Å². The second kappa shape index (κ2) is 13.8. The van der Waals surface area contributed by atoms with Crippen LogP contribution in [0, 0.1) is 0 Å². The SMILES string of the molecule is CN(CCC=C1c2ccccc2COc2ccccc21)CCCCCCc1ccc(C(C)(C)C)cc1.Cl. The van der Waals surface area contributed by atoms with Gasteiger partial charge in [0, 0.05) is 12.1 Å². The van der Waals surface area contributed by atoms with Crippen LogP contribution in [0.4, 0.5) is 0 Å². The maximum Gasteiger partial charge on any atom is 0.127 e. The molecule has 0 N–H and O–H groups in total. The number of nitrogens with zero attached hydrogens (tertiary/aromatic N) is 1. The topological polar surface area (TPSA) is 12.5 Å². The summed E-state index contributed by atoms with van der Waals surface area (Å²) >= 11 is 0. The zero-order chi connectivity index (χ0) is 25.4. The molecule has 1 aliphatic rings. The Morgan fingerprint density at radius 3 is 2.22 bits per heavy atom. The predicted octanol–water partition coefficient (Wildman–Crippen LogP) is 8.86. The van der Waals surface area contributed by atoms with Crippen molar-refractivity contribution in [3.8, 4) is 5.75 Å². The van der Waals surface area contributed by atoms with Crippen LogP contribution in [0.3, 0.4) is 0 Å². The van der Waals surface area contributed by atoms with Crippen LogP contribution in [0.5, 0.6) is 5.75 Å². The van der Waals surface area contributed by atoms with Gasteiger partial charge < -0.3 is 9.64 Å². The summed E-state index contributed by atoms with van der Waals surface area (Å²) in [6.45, 7) is 9.71. The Hall–Kier alpha value is -2.55. The molecule has 3 heteroatoms. The van der Waals surface area contributed by atoms with Crippen molar-refractivity contribution in [2.75, 3.05) is 20.1 Å². The molecule has 0 aromatic heterocycles. The van der Waals surface area contributed by atoms with Crippen molar-refractivity contribution in [1.29, 1.82) is 0 Å². The number of para-hydroxylation sites is 1. The molecule has 37 heavy (non-hydrogen) atoms. The normalized spacial score (nSPS) is 13.9. The van der Waals surface area contributed by atoms with Crippen molar-refractivity contribution in [1.82, 2.24) is 4.90 Å². The van der Waals surface area contributed by atoms with Crippen LogP contribution in [0.2, 0.25) is 0 Å². The van der Waals surface area contributed by atoms with E-state index in [0.717, 1.165) is 18.7 Å². The quantitative estimate of drug-likeness (QED) is 0.249. The Labute approximate surface area is 231 Å². The summed E-state index contributed by atoms with van der Waals surface area (Å²) in [5, 5.41) is 0. The number of hydrogen-bond donors (Lipinski definition) is 0. The standard InChI is InChI=1S/C34H43NO.ClH/c1-34(2,3)29-22-20-27(21-23-29)14-7-5-6-12-24-35(4)25-13-18-31-30-16-9-8-15-28(30)26-36-33-19-11-10-17-32(31)33;/h8-11,15-23H,5-7,12-14,24-26H2,1-4H3;1H. The first-order valence-corrected chi connectivity index (χ1v) is 13.7. The first-order chi connectivity index (χ1) is 17.4. The summed E-state index contributed by atoms with van der Waals surface area (Å²) < 4.78 is 6.11. The van der Waals surface area contributed by atoms with Crippen LogP contribution in [-0.2, 0) is 18.4 Å². The number of fused-ring (bicyclic) bond motifs is 2. The lowest BCUT2D eigenvalue weighted by molar-refractivity contribution is 0.307. The molecule has 0 amide bonds. The van der Waals surface area contributed by atoms with Gasteiger partial charge in [-0.25, -0.2) is 0 Å². The van der Waals surface area contributed by atoms with Crippen LogP contribution >= 0.6 is 12.4 Å². The highest BCUT2D eigenvalue weighted by Gasteiger charge is 2.18. The minimum Gasteiger partial charge on any atom is -0.488 e. The minimum absolute atomic E-state index is 0. The van der Waals surface area contributed by atoms with Gasteiger partial charge in [-0.1, -0.05) is 106 Å². The van der Waals surface area contributed by atoms with Crippen LogP contribution < -0.4 is 4.74 Å². The third-order valence-electron chi connectivity index (χ3n) is 7.30. The molecule has 0 aliphatic carbocycles. The van der Waals surface area contributed by atoms with Gasteiger partial charge >= 0.3 is 0 Å². The monoisotopic (exact) mass is 517 g/mol. The van der Waals surface area contributed by atoms with Gasteiger partial charge in [0.1, 0.15) is 12.4 Å². The largest absolute Gasteiger partial charge is 0.488 e. The lowest BCUT2D eigenvalue weighted by Gasteiger charge is -2.19. The van der Waals surface area contributed by atoms with Gasteiger partial charge in [0.2, 0.25) is 0 Å². The average molecular weight is 518 g/mol. The van der Waals surface area contributed by atoms with Gasteiger partial charge in [-0.15, -0.1) is 12.4 Å². The molecule has 198 valence electrons. The highest BCUT2D eigenvalue weighted by atomic mass is 35.5. The molecule has 0 spiro atoms. The van der Waals surface area contributed by atoms with E-state index in [4.69, 9.17) is 4.74 Å². The summed E-state index contributed by atoms with van der Waals surface area (Å²) in [6, 6.07) is 26.3. The van der Waals surface area contributed by atoms with Gasteiger partial charge in [0.15, 0.2) is 0 Å². The Morgan fingerprint density at radius 2 is 1.46 bits per heavy atom. The Kier molecular flexibility index (Phi) is 10.9. The van der Waals surface area contributed by atoms with Crippen molar-refractivity contribution >= 4 is 18.0 Å². The molecule has 0 fully saturated rings. The van der Waals surface area contributed by atoms with Gasteiger partial charge in [-0.05, 0) is 78.6 Å². The van der Waals surface area contributed by atoms with Crippen LogP contribution in [0.1, 0.15) is 80.7 Å². The zero-order valence-corrected chi connectivity index (χ0v) is 23.9. The van der Waals surface area contributed by atoms with Crippen molar-refractivity contribution in [3.63, 3.8) is 0 Å². The minimum atomic E-state index is 0. The third kappa shape index (κ3) is 8.22. The van der Waals surface area contributed by atoms with Crippen molar-refractivity contribution in [2.24, 2.45) is 0 Å². The maximum atomic E-state index is 6.11. The molecule has 0 radical (unpaired) electrons. The van der Waals surface area contributed by atoms with E-state index in [-0.39, 0.29) is 17.8 Å². The van der Waals surface area contributed by atoms with Crippen LogP contribution in [0.25, 0.3) is 5.57 Å². The van der Waals surface area contributed by atoms with Crippen molar-refractivity contribution in [2.45, 2.75) is 71.3 Å². The lowest BCUT2D eigenvalue weighted by atomic mass is 9.86. The first kappa shape index (κ1) is 29.0. The smallest absolute Gasteiger partial charge is 0.127 e. The van der Waals surface area contributed by atoms with Crippen LogP contribution in [-0.4, -0.2) is 25.0 Å². The van der Waals surface area contributed by atoms with E-state index in [1.54, 1.807) is 0 Å². The first-order valence-electron chi connectivity index (χ1n) is 13.7. The molecule has 0 saturated heterocycles. The number of halogens is 1. The van der Waals surface area contributed by atoms with E-state index in [9.17, 15) is 0 Å². The van der Waals surface area contributed by atoms with E-state index in [2.05, 4.69) is 112 Å². The number of aryl methyl sites for hydroxylation is 1. The third-order valence-corrected chi connectivity index (χ3v) is 7.30. The predicted molar refractivity (Wildman–Crippen MR) is 161 cm³/mol. The fourth-order valence-electron chi connectivity index (χ4n) is 5.02. The zero-order valence-electron chi connectivity index (χ0n) is 23.1. The summed E-state index contributed by atoms with van der Waals surface area (Å²) in [6.07, 6.45) is 9.82. The number of hydrogen-bond acceptors (Lipinski definition) is 2. The summed E-state index contributed by atoms with van der Waals surface area (Å²) in [5.41, 5.74) is 8.21. The molecule has 0 atom stereocenters. The van der Waals surface area contributed by atoms with Gasteiger partial charge in [0.25, 0.3) is 0 Å². The summed E-state index contributed by atoms with van der Waals surface area (Å²) in [4.78, 5) is 2.48. The molecule has 1 aliphatic heterocycles. The highest BCUT2D eigenvalue weighted by Crippen LogP contribution is 2.36. The van der Waals surface area contributed by atoms with Gasteiger partial charge in [-0.2, -0.15) is 0 Å². The molecular weight excluding hydrogens is 474 g/mol. The van der Waals surface area contributed by atoms with Crippen molar-refractivity contribution in [3.05, 3.63) is 107 Å². The Morgan fingerprint density at radius 1 is 0.784 bits per heavy atom. The number of unbranched alkanes of at least 4 members (excludes halogenated alkanes) is 3. The summed E-state index contributed by atoms with van der Waals surface area (Å²) in [7, 11) is 2.26. The van der Waals surface area contributed by atoms with E-state index in [1.807, 2.05) is 0 Å². The average Bonchev–Trinajstić information content (AvgIpc) is 3.03. The molecule has 0 unspecified atom stereocenters. The number of rotatable bonds is 10. The second-order valence-electron chi connectivity index (χ2n) is 11.3. The summed E-state index contributed by atoms with van der Waals surface area (Å²) in [5.74, 6) is 0.985. The van der Waals surface area contributed by atoms with E-state index < -0.39 is 0 Å². The lowest BCUT2D eigenvalue weighted by Crippen LogP contribution is -2.20. The fraction of sp³-hybridized carbons (Fsp3) is 0.412. The molecule has 4 rings (SSSR count). The second-order valence-corrected chi connectivity index (χ2v) is 11.3. The molecule has 2 nitrogen and oxygen atoms in total. The molecule has 3 aromatic rings. The molecule has 1 heterocycles.